The summed E-state index contributed by atoms with van der Waals surface area (Å²) < 4.78 is 54.5. The van der Waals surface area contributed by atoms with E-state index in [1.54, 1.807) is 29.2 Å². The zero-order valence-corrected chi connectivity index (χ0v) is 19.7. The third-order valence-electron chi connectivity index (χ3n) is 4.76. The first kappa shape index (κ1) is 24.3. The maximum absolute atomic E-state index is 13.2. The first-order chi connectivity index (χ1) is 15.5. The van der Waals surface area contributed by atoms with Crippen LogP contribution in [0.15, 0.2) is 70.2 Å². The molecule has 3 aromatic rings. The van der Waals surface area contributed by atoms with Gasteiger partial charge in [-0.2, -0.15) is 8.42 Å². The van der Waals surface area contributed by atoms with Crippen molar-refractivity contribution in [3.8, 4) is 11.5 Å². The Morgan fingerprint density at radius 3 is 2.30 bits per heavy atom. The average molecular weight is 476 g/mol. The molecule has 0 bridgehead atoms. The largest absolute Gasteiger partial charge is 0.493 e. The Morgan fingerprint density at radius 2 is 1.73 bits per heavy atom. The lowest BCUT2D eigenvalue weighted by Crippen LogP contribution is -2.38. The normalized spacial score (nSPS) is 11.8. The van der Waals surface area contributed by atoms with Crippen molar-refractivity contribution in [2.45, 2.75) is 38.8 Å². The Morgan fingerprint density at radius 1 is 1.03 bits per heavy atom. The maximum Gasteiger partial charge on any atom is 0.339 e. The van der Waals surface area contributed by atoms with Crippen LogP contribution in [0.1, 0.15) is 32.1 Å². The summed E-state index contributed by atoms with van der Waals surface area (Å²) in [6.45, 7) is 5.90. The standard InChI is InChI=1S/C24H26FNO6S/c1-24(2,3)23(27)26(16-19-6-5-13-31-19)15-17-7-12-21(30-4)22(14-17)32-33(28,29)20-10-8-18(25)9-11-20/h5-14H,15-16H2,1-4H3. The second-order valence-corrected chi connectivity index (χ2v) is 10.0. The predicted octanol–water partition coefficient (Wildman–Crippen LogP) is 4.77. The van der Waals surface area contributed by atoms with Gasteiger partial charge in [0.2, 0.25) is 5.91 Å². The monoisotopic (exact) mass is 475 g/mol. The minimum atomic E-state index is -4.23. The summed E-state index contributed by atoms with van der Waals surface area (Å²) in [5, 5.41) is 0. The number of hydrogen-bond acceptors (Lipinski definition) is 6. The fraction of sp³-hybridized carbons (Fsp3) is 0.292. The molecule has 1 aromatic heterocycles. The quantitative estimate of drug-likeness (QED) is 0.436. The van der Waals surface area contributed by atoms with Crippen molar-refractivity contribution in [3.05, 3.63) is 78.0 Å². The molecule has 0 radical (unpaired) electrons. The smallest absolute Gasteiger partial charge is 0.339 e. The van der Waals surface area contributed by atoms with E-state index in [1.165, 1.54) is 19.4 Å². The number of nitrogens with zero attached hydrogens (tertiary/aromatic N) is 1. The lowest BCUT2D eigenvalue weighted by molar-refractivity contribution is -0.141. The molecule has 0 aliphatic rings. The molecule has 0 saturated heterocycles. The number of methoxy groups -OCH3 is 1. The minimum absolute atomic E-state index is 0.0412. The third-order valence-corrected chi connectivity index (χ3v) is 6.01. The van der Waals surface area contributed by atoms with Crippen molar-refractivity contribution < 1.29 is 30.9 Å². The lowest BCUT2D eigenvalue weighted by Gasteiger charge is -2.29. The highest BCUT2D eigenvalue weighted by Gasteiger charge is 2.28. The van der Waals surface area contributed by atoms with Gasteiger partial charge in [0, 0.05) is 12.0 Å². The highest BCUT2D eigenvalue weighted by molar-refractivity contribution is 7.87. The van der Waals surface area contributed by atoms with Crippen LogP contribution in [0.25, 0.3) is 0 Å². The van der Waals surface area contributed by atoms with Gasteiger partial charge in [0.25, 0.3) is 0 Å². The number of benzene rings is 2. The van der Waals surface area contributed by atoms with E-state index < -0.39 is 21.4 Å². The summed E-state index contributed by atoms with van der Waals surface area (Å²) in [5.74, 6) is 0.117. The molecule has 0 N–H and O–H groups in total. The van der Waals surface area contributed by atoms with E-state index in [2.05, 4.69) is 0 Å². The number of halogens is 1. The molecule has 0 aliphatic heterocycles. The molecule has 2 aromatic carbocycles. The van der Waals surface area contributed by atoms with E-state index in [4.69, 9.17) is 13.3 Å². The van der Waals surface area contributed by atoms with Crippen molar-refractivity contribution >= 4 is 16.0 Å². The average Bonchev–Trinajstić information content (AvgIpc) is 3.25. The highest BCUT2D eigenvalue weighted by Crippen LogP contribution is 2.32. The molecule has 176 valence electrons. The number of carbonyl (C=O) groups is 1. The SMILES string of the molecule is COc1ccc(CN(Cc2ccco2)C(=O)C(C)(C)C)cc1OS(=O)(=O)c1ccc(F)cc1. The van der Waals surface area contributed by atoms with Crippen LogP contribution in [0.5, 0.6) is 11.5 Å². The van der Waals surface area contributed by atoms with Gasteiger partial charge in [0.05, 0.1) is 19.9 Å². The molecule has 0 spiro atoms. The van der Waals surface area contributed by atoms with E-state index >= 15 is 0 Å². The fourth-order valence-corrected chi connectivity index (χ4v) is 4.07. The van der Waals surface area contributed by atoms with Gasteiger partial charge in [0.15, 0.2) is 11.5 Å². The summed E-state index contributed by atoms with van der Waals surface area (Å²) in [6, 6.07) is 12.6. The second-order valence-electron chi connectivity index (χ2n) is 8.47. The Balaban J connectivity index is 1.90. The van der Waals surface area contributed by atoms with E-state index in [-0.39, 0.29) is 35.4 Å². The molecule has 1 amide bonds. The zero-order chi connectivity index (χ0) is 24.2. The van der Waals surface area contributed by atoms with Gasteiger partial charge in [0.1, 0.15) is 16.5 Å². The third kappa shape index (κ3) is 6.13. The highest BCUT2D eigenvalue weighted by atomic mass is 32.2. The Kier molecular flexibility index (Phi) is 7.12. The number of furan rings is 1. The van der Waals surface area contributed by atoms with E-state index in [0.717, 1.165) is 24.3 Å². The summed E-state index contributed by atoms with van der Waals surface area (Å²) in [6.07, 6.45) is 1.54. The van der Waals surface area contributed by atoms with Crippen LogP contribution in [-0.4, -0.2) is 26.3 Å². The molecular formula is C24H26FNO6S. The van der Waals surface area contributed by atoms with Crippen molar-refractivity contribution in [2.75, 3.05) is 7.11 Å². The molecule has 7 nitrogen and oxygen atoms in total. The zero-order valence-electron chi connectivity index (χ0n) is 18.9. The summed E-state index contributed by atoms with van der Waals surface area (Å²) in [4.78, 5) is 14.5. The van der Waals surface area contributed by atoms with Gasteiger partial charge in [-0.25, -0.2) is 4.39 Å². The summed E-state index contributed by atoms with van der Waals surface area (Å²) in [5.41, 5.74) is -0.00566. The van der Waals surface area contributed by atoms with Crippen LogP contribution >= 0.6 is 0 Å². The Labute approximate surface area is 192 Å². The van der Waals surface area contributed by atoms with Crippen LogP contribution in [-0.2, 0) is 28.0 Å². The molecule has 0 unspecified atom stereocenters. The van der Waals surface area contributed by atoms with Crippen LogP contribution in [0, 0.1) is 11.2 Å². The van der Waals surface area contributed by atoms with E-state index in [0.29, 0.717) is 11.3 Å². The molecule has 1 heterocycles. The predicted molar refractivity (Wildman–Crippen MR) is 120 cm³/mol. The maximum atomic E-state index is 13.2. The Hall–Kier alpha value is -3.33. The summed E-state index contributed by atoms with van der Waals surface area (Å²) in [7, 11) is -2.84. The van der Waals surface area contributed by atoms with Crippen LogP contribution in [0.4, 0.5) is 4.39 Å². The van der Waals surface area contributed by atoms with Gasteiger partial charge in [-0.1, -0.05) is 26.8 Å². The number of amides is 1. The Bertz CT molecular complexity index is 1200. The first-order valence-electron chi connectivity index (χ1n) is 10.2. The molecule has 9 heteroatoms. The van der Waals surface area contributed by atoms with Gasteiger partial charge < -0.3 is 18.2 Å². The number of hydrogen-bond donors (Lipinski definition) is 0. The van der Waals surface area contributed by atoms with Crippen LogP contribution in [0.2, 0.25) is 0 Å². The molecule has 33 heavy (non-hydrogen) atoms. The van der Waals surface area contributed by atoms with Crippen molar-refractivity contribution in [3.63, 3.8) is 0 Å². The lowest BCUT2D eigenvalue weighted by atomic mass is 9.94. The number of ether oxygens (including phenoxy) is 1. The van der Waals surface area contributed by atoms with E-state index in [9.17, 15) is 17.6 Å². The molecule has 3 rings (SSSR count). The first-order valence-corrected chi connectivity index (χ1v) is 11.6. The van der Waals surface area contributed by atoms with Gasteiger partial charge in [-0.3, -0.25) is 4.79 Å². The molecule has 0 saturated carbocycles. The topological polar surface area (TPSA) is 86.0 Å². The van der Waals surface area contributed by atoms with E-state index in [1.807, 2.05) is 20.8 Å². The van der Waals surface area contributed by atoms with Gasteiger partial charge in [-0.15, -0.1) is 0 Å². The molecular weight excluding hydrogens is 449 g/mol. The fourth-order valence-electron chi connectivity index (χ4n) is 3.14. The van der Waals surface area contributed by atoms with Crippen LogP contribution in [0.3, 0.4) is 0 Å². The van der Waals surface area contributed by atoms with Crippen molar-refractivity contribution in [2.24, 2.45) is 5.41 Å². The number of carbonyl (C=O) groups excluding carboxylic acids is 1. The van der Waals surface area contributed by atoms with Crippen molar-refractivity contribution in [1.29, 1.82) is 0 Å². The van der Waals surface area contributed by atoms with Crippen molar-refractivity contribution in [1.82, 2.24) is 4.90 Å². The van der Waals surface area contributed by atoms with Gasteiger partial charge >= 0.3 is 10.1 Å². The molecule has 0 aliphatic carbocycles. The minimum Gasteiger partial charge on any atom is -0.493 e. The second kappa shape index (κ2) is 9.66. The van der Waals surface area contributed by atoms with Gasteiger partial charge in [-0.05, 0) is 54.1 Å². The molecule has 0 atom stereocenters. The summed E-state index contributed by atoms with van der Waals surface area (Å²) >= 11 is 0. The molecule has 0 fully saturated rings. The van der Waals surface area contributed by atoms with Crippen LogP contribution < -0.4 is 8.92 Å². The number of rotatable bonds is 8.